The minimum Gasteiger partial charge on any atom is -0.441 e. The fraction of sp³-hybridized carbons (Fsp3) is 0.353. The van der Waals surface area contributed by atoms with Crippen molar-refractivity contribution in [1.29, 1.82) is 5.26 Å². The molecule has 0 N–H and O–H groups in total. The van der Waals surface area contributed by atoms with Crippen LogP contribution in [0, 0.1) is 24.2 Å². The number of oxazole rings is 1. The van der Waals surface area contributed by atoms with Gasteiger partial charge >= 0.3 is 0 Å². The van der Waals surface area contributed by atoms with Crippen molar-refractivity contribution in [2.24, 2.45) is 5.92 Å². The topological polar surface area (TPSA) is 70.1 Å². The molecule has 22 heavy (non-hydrogen) atoms. The molecule has 1 aromatic carbocycles. The van der Waals surface area contributed by atoms with Crippen LogP contribution in [0.5, 0.6) is 0 Å². The number of benzene rings is 1. The number of carbonyl (C=O) groups is 1. The Hall–Kier alpha value is -2.61. The lowest BCUT2D eigenvalue weighted by Gasteiger charge is -2.17. The third-order valence-electron chi connectivity index (χ3n) is 3.43. The smallest absolute Gasteiger partial charge is 0.228 e. The molecule has 0 spiro atoms. The molecule has 2 aromatic rings. The van der Waals surface area contributed by atoms with E-state index in [4.69, 9.17) is 9.68 Å². The standard InChI is InChI=1S/C17H19N3O2/c1-12(10-18)11-20(3)16(21)9-15-13(2)22-17(19-15)14-7-5-4-6-8-14/h4-8,12H,9,11H2,1-3H3/t12-/m0/s1. The van der Waals surface area contributed by atoms with Gasteiger partial charge in [-0.1, -0.05) is 18.2 Å². The van der Waals surface area contributed by atoms with Crippen LogP contribution in [0.4, 0.5) is 0 Å². The van der Waals surface area contributed by atoms with Crippen LogP contribution in [0.2, 0.25) is 0 Å². The highest BCUT2D eigenvalue weighted by molar-refractivity contribution is 5.78. The summed E-state index contributed by atoms with van der Waals surface area (Å²) < 4.78 is 5.65. The van der Waals surface area contributed by atoms with Crippen LogP contribution in [0.3, 0.4) is 0 Å². The lowest BCUT2D eigenvalue weighted by molar-refractivity contribution is -0.129. The molecule has 1 atom stereocenters. The molecule has 0 unspecified atom stereocenters. The molecule has 0 aliphatic carbocycles. The number of aryl methyl sites for hydroxylation is 1. The average molecular weight is 297 g/mol. The van der Waals surface area contributed by atoms with E-state index in [2.05, 4.69) is 11.1 Å². The Kier molecular flexibility index (Phi) is 4.95. The summed E-state index contributed by atoms with van der Waals surface area (Å²) in [5, 5.41) is 8.81. The summed E-state index contributed by atoms with van der Waals surface area (Å²) in [5.74, 6) is 0.910. The van der Waals surface area contributed by atoms with Gasteiger partial charge in [0.15, 0.2) is 0 Å². The number of aromatic nitrogens is 1. The number of nitrogens with zero attached hydrogens (tertiary/aromatic N) is 3. The van der Waals surface area contributed by atoms with E-state index in [1.165, 1.54) is 0 Å². The summed E-state index contributed by atoms with van der Waals surface area (Å²) in [6, 6.07) is 11.7. The summed E-state index contributed by atoms with van der Waals surface area (Å²) in [7, 11) is 1.70. The monoisotopic (exact) mass is 297 g/mol. The van der Waals surface area contributed by atoms with Crippen LogP contribution in [0.15, 0.2) is 34.7 Å². The van der Waals surface area contributed by atoms with E-state index in [1.807, 2.05) is 30.3 Å². The van der Waals surface area contributed by atoms with E-state index in [0.717, 1.165) is 5.56 Å². The van der Waals surface area contributed by atoms with Crippen molar-refractivity contribution in [3.8, 4) is 17.5 Å². The Labute approximate surface area is 130 Å². The molecule has 0 bridgehead atoms. The van der Waals surface area contributed by atoms with Crippen LogP contribution in [-0.2, 0) is 11.2 Å². The van der Waals surface area contributed by atoms with Crippen molar-refractivity contribution in [2.75, 3.05) is 13.6 Å². The first-order chi connectivity index (χ1) is 10.5. The Morgan fingerprint density at radius 1 is 1.41 bits per heavy atom. The molecule has 0 aliphatic heterocycles. The molecule has 5 nitrogen and oxygen atoms in total. The maximum atomic E-state index is 12.2. The number of nitriles is 1. The predicted molar refractivity (Wildman–Crippen MR) is 82.8 cm³/mol. The maximum Gasteiger partial charge on any atom is 0.228 e. The van der Waals surface area contributed by atoms with Gasteiger partial charge in [0.25, 0.3) is 0 Å². The molecular weight excluding hydrogens is 278 g/mol. The zero-order valence-corrected chi connectivity index (χ0v) is 13.0. The van der Waals surface area contributed by atoms with Crippen LogP contribution < -0.4 is 0 Å². The summed E-state index contributed by atoms with van der Waals surface area (Å²) in [6.45, 7) is 4.01. The molecule has 114 valence electrons. The quantitative estimate of drug-likeness (QED) is 0.851. The van der Waals surface area contributed by atoms with Gasteiger partial charge in [-0.05, 0) is 26.0 Å². The van der Waals surface area contributed by atoms with Gasteiger partial charge in [-0.3, -0.25) is 4.79 Å². The molecule has 2 rings (SSSR count). The zero-order chi connectivity index (χ0) is 16.1. The zero-order valence-electron chi connectivity index (χ0n) is 13.0. The van der Waals surface area contributed by atoms with Crippen LogP contribution in [-0.4, -0.2) is 29.4 Å². The third-order valence-corrected chi connectivity index (χ3v) is 3.43. The molecule has 1 heterocycles. The average Bonchev–Trinajstić information content (AvgIpc) is 2.89. The molecule has 0 radical (unpaired) electrons. The largest absolute Gasteiger partial charge is 0.441 e. The highest BCUT2D eigenvalue weighted by Crippen LogP contribution is 2.21. The van der Waals surface area contributed by atoms with Crippen molar-refractivity contribution >= 4 is 5.91 Å². The molecule has 1 aromatic heterocycles. The van der Waals surface area contributed by atoms with E-state index < -0.39 is 0 Å². The lowest BCUT2D eigenvalue weighted by Crippen LogP contribution is -2.32. The molecule has 0 saturated heterocycles. The van der Waals surface area contributed by atoms with Gasteiger partial charge in [-0.15, -0.1) is 0 Å². The SMILES string of the molecule is Cc1oc(-c2ccccc2)nc1CC(=O)N(C)C[C@@H](C)C#N. The minimum atomic E-state index is -0.188. The van der Waals surface area contributed by atoms with Gasteiger partial charge in [0, 0.05) is 19.2 Å². The van der Waals surface area contributed by atoms with Crippen molar-refractivity contribution in [2.45, 2.75) is 20.3 Å². The van der Waals surface area contributed by atoms with Crippen molar-refractivity contribution < 1.29 is 9.21 Å². The third kappa shape index (κ3) is 3.73. The van der Waals surface area contributed by atoms with Crippen LogP contribution in [0.25, 0.3) is 11.5 Å². The molecule has 5 heteroatoms. The normalized spacial score (nSPS) is 11.7. The molecule has 0 fully saturated rings. The minimum absolute atomic E-state index is 0.0712. The van der Waals surface area contributed by atoms with Crippen molar-refractivity contribution in [3.63, 3.8) is 0 Å². The Bertz CT molecular complexity index is 686. The van der Waals surface area contributed by atoms with Gasteiger partial charge in [0.05, 0.1) is 24.1 Å². The van der Waals surface area contributed by atoms with E-state index in [-0.39, 0.29) is 18.2 Å². The number of rotatable bonds is 5. The number of amides is 1. The predicted octanol–water partition coefficient (Wildman–Crippen LogP) is 2.81. The van der Waals surface area contributed by atoms with Gasteiger partial charge in [0.2, 0.25) is 11.8 Å². The van der Waals surface area contributed by atoms with E-state index >= 15 is 0 Å². The molecule has 0 aliphatic rings. The number of carbonyl (C=O) groups excluding carboxylic acids is 1. The van der Waals surface area contributed by atoms with Crippen molar-refractivity contribution in [3.05, 3.63) is 41.8 Å². The fourth-order valence-corrected chi connectivity index (χ4v) is 2.13. The summed E-state index contributed by atoms with van der Waals surface area (Å²) in [6.07, 6.45) is 0.177. The first kappa shape index (κ1) is 15.8. The summed E-state index contributed by atoms with van der Waals surface area (Å²) in [4.78, 5) is 18.2. The first-order valence-electron chi connectivity index (χ1n) is 7.16. The highest BCUT2D eigenvalue weighted by atomic mass is 16.4. The first-order valence-corrected chi connectivity index (χ1v) is 7.16. The Balaban J connectivity index is 2.09. The van der Waals surface area contributed by atoms with E-state index in [9.17, 15) is 4.79 Å². The molecular formula is C17H19N3O2. The number of hydrogen-bond donors (Lipinski definition) is 0. The van der Waals surface area contributed by atoms with Crippen LogP contribution in [0.1, 0.15) is 18.4 Å². The fourth-order valence-electron chi connectivity index (χ4n) is 2.13. The van der Waals surface area contributed by atoms with Gasteiger partial charge < -0.3 is 9.32 Å². The van der Waals surface area contributed by atoms with Crippen LogP contribution >= 0.6 is 0 Å². The summed E-state index contributed by atoms with van der Waals surface area (Å²) >= 11 is 0. The van der Waals surface area contributed by atoms with Gasteiger partial charge in [-0.2, -0.15) is 5.26 Å². The second-order valence-corrected chi connectivity index (χ2v) is 5.37. The van der Waals surface area contributed by atoms with E-state index in [1.54, 1.807) is 25.8 Å². The van der Waals surface area contributed by atoms with Gasteiger partial charge in [-0.25, -0.2) is 4.98 Å². The second kappa shape index (κ2) is 6.90. The maximum absolute atomic E-state index is 12.2. The summed E-state index contributed by atoms with van der Waals surface area (Å²) in [5.41, 5.74) is 1.52. The number of hydrogen-bond acceptors (Lipinski definition) is 4. The molecule has 1 amide bonds. The molecule has 0 saturated carbocycles. The van der Waals surface area contributed by atoms with E-state index in [0.29, 0.717) is 23.9 Å². The highest BCUT2D eigenvalue weighted by Gasteiger charge is 2.18. The van der Waals surface area contributed by atoms with Gasteiger partial charge in [0.1, 0.15) is 5.76 Å². The Morgan fingerprint density at radius 3 is 2.73 bits per heavy atom. The lowest BCUT2D eigenvalue weighted by atomic mass is 10.2. The van der Waals surface area contributed by atoms with Crippen molar-refractivity contribution in [1.82, 2.24) is 9.88 Å². The Morgan fingerprint density at radius 2 is 2.09 bits per heavy atom. The number of likely N-dealkylation sites (N-methyl/N-ethyl adjacent to an activating group) is 1. The second-order valence-electron chi connectivity index (χ2n) is 5.37.